The van der Waals surface area contributed by atoms with Crippen LogP contribution in [-0.2, 0) is 9.47 Å². The van der Waals surface area contributed by atoms with E-state index in [2.05, 4.69) is 15.5 Å². The van der Waals surface area contributed by atoms with Gasteiger partial charge in [0.2, 0.25) is 0 Å². The Hall–Kier alpha value is -3.69. The van der Waals surface area contributed by atoms with Gasteiger partial charge in [0.05, 0.1) is 73.1 Å². The van der Waals surface area contributed by atoms with Crippen molar-refractivity contribution in [1.82, 2.24) is 10.3 Å². The van der Waals surface area contributed by atoms with Gasteiger partial charge in [-0.25, -0.2) is 9.37 Å². The Bertz CT molecular complexity index is 1640. The average molecular weight is 623 g/mol. The molecule has 2 aromatic carbocycles. The van der Waals surface area contributed by atoms with E-state index in [1.807, 2.05) is 0 Å². The first-order valence-corrected chi connectivity index (χ1v) is 14.3. The maximum Gasteiger partial charge on any atom is 0.417 e. The van der Waals surface area contributed by atoms with Crippen LogP contribution in [0.1, 0.15) is 40.0 Å². The summed E-state index contributed by atoms with van der Waals surface area (Å²) in [6.07, 6.45) is -4.55. The highest BCUT2D eigenvalue weighted by Crippen LogP contribution is 2.59. The van der Waals surface area contributed by atoms with Gasteiger partial charge < -0.3 is 34.5 Å². The molecule has 15 heteroatoms. The van der Waals surface area contributed by atoms with Gasteiger partial charge in [0.25, 0.3) is 11.8 Å². The quantitative estimate of drug-likeness (QED) is 0.376. The van der Waals surface area contributed by atoms with E-state index in [9.17, 15) is 22.8 Å². The third-order valence-electron chi connectivity index (χ3n) is 8.67. The Morgan fingerprint density at radius 2 is 1.84 bits per heavy atom. The number of methoxy groups -OCH3 is 2. The van der Waals surface area contributed by atoms with E-state index in [1.165, 1.54) is 31.6 Å². The SMILES string of the molecule is COc1cc(F)c(C(=O)NC23COC(C(F)(F)F)(C2)C3)c(NC(=O)c2c(OC)ccc3nc(N4C5COCC4C5)sc23)c1. The van der Waals surface area contributed by atoms with E-state index >= 15 is 4.39 Å². The van der Waals surface area contributed by atoms with Crippen LogP contribution in [0.25, 0.3) is 10.2 Å². The van der Waals surface area contributed by atoms with Gasteiger partial charge in [0.1, 0.15) is 22.9 Å². The van der Waals surface area contributed by atoms with Crippen LogP contribution in [0.4, 0.5) is 28.4 Å². The van der Waals surface area contributed by atoms with Gasteiger partial charge in [-0.2, -0.15) is 13.2 Å². The topological polar surface area (TPSA) is 111 Å². The Kier molecular flexibility index (Phi) is 6.31. The van der Waals surface area contributed by atoms with Gasteiger partial charge in [0, 0.05) is 25.0 Å². The summed E-state index contributed by atoms with van der Waals surface area (Å²) in [4.78, 5) is 34.1. The molecule has 0 radical (unpaired) electrons. The summed E-state index contributed by atoms with van der Waals surface area (Å²) in [7, 11) is 2.70. The summed E-state index contributed by atoms with van der Waals surface area (Å²) >= 11 is 1.32. The van der Waals surface area contributed by atoms with Gasteiger partial charge in [-0.1, -0.05) is 11.3 Å². The van der Waals surface area contributed by atoms with Crippen molar-refractivity contribution in [2.24, 2.45) is 0 Å². The number of nitrogens with one attached hydrogen (secondary N) is 2. The number of hydrogen-bond acceptors (Lipinski definition) is 9. The molecule has 1 aromatic heterocycles. The fraction of sp³-hybridized carbons (Fsp3) is 0.464. The third kappa shape index (κ3) is 4.31. The second kappa shape index (κ2) is 9.66. The van der Waals surface area contributed by atoms with E-state index in [4.69, 9.17) is 23.9 Å². The van der Waals surface area contributed by atoms with Crippen LogP contribution >= 0.6 is 11.3 Å². The fourth-order valence-electron chi connectivity index (χ4n) is 6.55. The normalized spacial score (nSPS) is 27.3. The standard InChI is InChI=1S/C28H26F4N4O6S/c1-39-15-6-16(29)20(24(38)35-26-10-27(11-26,42-12-26)28(30,31)32)18(7-15)33-23(37)21-19(40-2)4-3-17-22(21)43-25(34-17)36-13-5-14(36)9-41-8-13/h3-4,6-7,13-14H,5,8-12H2,1-2H3,(H,33,37)(H,35,38). The zero-order valence-electron chi connectivity index (χ0n) is 23.0. The molecular weight excluding hydrogens is 596 g/mol. The molecule has 1 aliphatic carbocycles. The molecule has 5 heterocycles. The van der Waals surface area contributed by atoms with Crippen molar-refractivity contribution in [1.29, 1.82) is 0 Å². The van der Waals surface area contributed by atoms with Crippen LogP contribution in [0.15, 0.2) is 24.3 Å². The van der Waals surface area contributed by atoms with Crippen molar-refractivity contribution in [3.8, 4) is 11.5 Å². The Morgan fingerprint density at radius 1 is 1.09 bits per heavy atom. The van der Waals surface area contributed by atoms with E-state index in [0.29, 0.717) is 23.4 Å². The van der Waals surface area contributed by atoms with E-state index in [0.717, 1.165) is 17.6 Å². The first-order valence-electron chi connectivity index (χ1n) is 13.5. The lowest BCUT2D eigenvalue weighted by atomic mass is 9.68. The molecule has 8 rings (SSSR count). The number of alkyl halides is 3. The fourth-order valence-corrected chi connectivity index (χ4v) is 7.80. The number of fused-ring (bicyclic) bond motifs is 4. The number of morpholine rings is 1. The molecule has 2 unspecified atom stereocenters. The van der Waals surface area contributed by atoms with Crippen molar-refractivity contribution in [2.45, 2.75) is 48.7 Å². The number of thiazole rings is 1. The van der Waals surface area contributed by atoms with Gasteiger partial charge in [0.15, 0.2) is 10.7 Å². The van der Waals surface area contributed by atoms with E-state index in [1.54, 1.807) is 12.1 Å². The summed E-state index contributed by atoms with van der Waals surface area (Å²) in [5.74, 6) is -2.47. The minimum absolute atomic E-state index is 0.0169. The smallest absolute Gasteiger partial charge is 0.417 e. The van der Waals surface area contributed by atoms with Crippen LogP contribution in [0.3, 0.4) is 0 Å². The molecule has 4 aliphatic heterocycles. The molecule has 0 spiro atoms. The van der Waals surface area contributed by atoms with Crippen molar-refractivity contribution >= 4 is 44.2 Å². The number of aromatic nitrogens is 1. The number of benzene rings is 2. The van der Waals surface area contributed by atoms with Gasteiger partial charge in [-0.05, 0) is 18.6 Å². The second-order valence-corrected chi connectivity index (χ2v) is 12.3. The third-order valence-corrected chi connectivity index (χ3v) is 9.77. The lowest BCUT2D eigenvalue weighted by molar-refractivity contribution is -0.273. The Balaban J connectivity index is 1.20. The number of anilines is 2. The number of halogens is 4. The monoisotopic (exact) mass is 622 g/mol. The number of hydrogen-bond donors (Lipinski definition) is 2. The lowest BCUT2D eigenvalue weighted by Crippen LogP contribution is -2.64. The molecule has 228 valence electrons. The van der Waals surface area contributed by atoms with Gasteiger partial charge in [-0.3, -0.25) is 9.59 Å². The number of ether oxygens (including phenoxy) is 4. The molecule has 2 amide bonds. The molecule has 4 bridgehead atoms. The molecule has 10 nitrogen and oxygen atoms in total. The Labute approximate surface area is 246 Å². The van der Waals surface area contributed by atoms with Crippen LogP contribution in [0.2, 0.25) is 0 Å². The summed E-state index contributed by atoms with van der Waals surface area (Å²) in [5, 5.41) is 5.87. The van der Waals surface area contributed by atoms with E-state index < -0.39 is 53.4 Å². The minimum atomic E-state index is -4.60. The maximum absolute atomic E-state index is 15.4. The Morgan fingerprint density at radius 3 is 2.47 bits per heavy atom. The lowest BCUT2D eigenvalue weighted by Gasteiger charge is -2.52. The highest BCUT2D eigenvalue weighted by atomic mass is 32.1. The predicted octanol–water partition coefficient (Wildman–Crippen LogP) is 4.28. The average Bonchev–Trinajstić information content (AvgIpc) is 3.64. The van der Waals surface area contributed by atoms with Crippen LogP contribution in [-0.4, -0.2) is 80.2 Å². The van der Waals surface area contributed by atoms with Crippen LogP contribution in [0, 0.1) is 5.82 Å². The summed E-state index contributed by atoms with van der Waals surface area (Å²) in [5.41, 5.74) is -3.70. The van der Waals surface area contributed by atoms with Crippen LogP contribution in [0.5, 0.6) is 11.5 Å². The summed E-state index contributed by atoms with van der Waals surface area (Å²) < 4.78 is 77.5. The van der Waals surface area contributed by atoms with Gasteiger partial charge >= 0.3 is 6.18 Å². The second-order valence-electron chi connectivity index (χ2n) is 11.3. The number of amides is 2. The largest absolute Gasteiger partial charge is 0.497 e. The molecule has 4 saturated heterocycles. The van der Waals surface area contributed by atoms with Gasteiger partial charge in [-0.15, -0.1) is 0 Å². The van der Waals surface area contributed by atoms with Crippen molar-refractivity contribution in [3.05, 3.63) is 41.2 Å². The summed E-state index contributed by atoms with van der Waals surface area (Å²) in [6.45, 7) is 0.829. The molecule has 43 heavy (non-hydrogen) atoms. The number of carbonyl (C=O) groups excluding carboxylic acids is 2. The maximum atomic E-state index is 15.4. The first kappa shape index (κ1) is 28.1. The highest BCUT2D eigenvalue weighted by Gasteiger charge is 2.74. The highest BCUT2D eigenvalue weighted by molar-refractivity contribution is 7.22. The minimum Gasteiger partial charge on any atom is -0.497 e. The molecule has 1 saturated carbocycles. The number of rotatable bonds is 7. The number of carbonyl (C=O) groups is 2. The number of nitrogens with zero attached hydrogens (tertiary/aromatic N) is 2. The zero-order valence-corrected chi connectivity index (χ0v) is 23.8. The first-order chi connectivity index (χ1) is 20.5. The molecule has 5 aliphatic rings. The van der Waals surface area contributed by atoms with Crippen molar-refractivity contribution < 1.29 is 46.1 Å². The molecule has 2 atom stereocenters. The van der Waals surface area contributed by atoms with Crippen LogP contribution < -0.4 is 25.0 Å². The van der Waals surface area contributed by atoms with Crippen molar-refractivity contribution in [3.63, 3.8) is 0 Å². The molecule has 2 N–H and O–H groups in total. The van der Waals surface area contributed by atoms with E-state index in [-0.39, 0.29) is 41.4 Å². The van der Waals surface area contributed by atoms with Crippen molar-refractivity contribution in [2.75, 3.05) is 44.3 Å². The molecule has 5 fully saturated rings. The predicted molar refractivity (Wildman–Crippen MR) is 147 cm³/mol. The molecule has 3 aromatic rings. The zero-order chi connectivity index (χ0) is 30.3. The summed E-state index contributed by atoms with van der Waals surface area (Å²) in [6, 6.07) is 5.99. The molecular formula is C28H26F4N4O6S.